The minimum Gasteiger partial charge on any atom is -0.462 e. The van der Waals surface area contributed by atoms with Crippen LogP contribution in [0, 0.1) is 0 Å². The summed E-state index contributed by atoms with van der Waals surface area (Å²) in [5.41, 5.74) is 1.34. The van der Waals surface area contributed by atoms with Gasteiger partial charge in [-0.25, -0.2) is 14.3 Å². The van der Waals surface area contributed by atoms with Crippen LogP contribution < -0.4 is 5.56 Å². The zero-order chi connectivity index (χ0) is 15.7. The Hall–Kier alpha value is -2.60. The molecule has 0 saturated carbocycles. The molecular weight excluding hydrogens is 306 g/mol. The summed E-state index contributed by atoms with van der Waals surface area (Å²) >= 11 is 5.86. The smallest absolute Gasteiger partial charge is 0.343 e. The summed E-state index contributed by atoms with van der Waals surface area (Å²) in [6.45, 7) is 1.96. The standard InChI is InChI=1S/C15H12ClN3O3/c1-2-22-15(21)11-8-17-19-13(20)7-12(18-14(11)19)9-3-5-10(16)6-4-9/h3-8,17H,2H2,1H3. The lowest BCUT2D eigenvalue weighted by Crippen LogP contribution is -2.15. The van der Waals surface area contributed by atoms with Gasteiger partial charge in [0, 0.05) is 22.8 Å². The van der Waals surface area contributed by atoms with Gasteiger partial charge in [-0.2, -0.15) is 0 Å². The van der Waals surface area contributed by atoms with Crippen LogP contribution in [0.4, 0.5) is 0 Å². The normalized spacial score (nSPS) is 10.8. The Morgan fingerprint density at radius 3 is 2.77 bits per heavy atom. The third kappa shape index (κ3) is 2.48. The predicted octanol–water partition coefficient (Wildman–Crippen LogP) is 2.52. The van der Waals surface area contributed by atoms with Gasteiger partial charge in [0.2, 0.25) is 0 Å². The molecule has 0 fully saturated rings. The van der Waals surface area contributed by atoms with Crippen molar-refractivity contribution in [1.29, 1.82) is 0 Å². The van der Waals surface area contributed by atoms with Crippen molar-refractivity contribution in [3.8, 4) is 11.3 Å². The van der Waals surface area contributed by atoms with E-state index in [1.807, 2.05) is 0 Å². The molecule has 0 aliphatic heterocycles. The van der Waals surface area contributed by atoms with Gasteiger partial charge in [0.1, 0.15) is 5.56 Å². The summed E-state index contributed by atoms with van der Waals surface area (Å²) in [5.74, 6) is -0.526. The Balaban J connectivity index is 2.17. The molecule has 0 aliphatic carbocycles. The molecule has 2 heterocycles. The van der Waals surface area contributed by atoms with Gasteiger partial charge in [-0.15, -0.1) is 0 Å². The zero-order valence-electron chi connectivity index (χ0n) is 11.7. The number of ether oxygens (including phenoxy) is 1. The van der Waals surface area contributed by atoms with Gasteiger partial charge in [0.25, 0.3) is 5.56 Å². The molecule has 0 unspecified atom stereocenters. The van der Waals surface area contributed by atoms with Crippen LogP contribution in [-0.4, -0.2) is 27.2 Å². The van der Waals surface area contributed by atoms with E-state index in [9.17, 15) is 9.59 Å². The number of aromatic amines is 1. The Bertz CT molecular complexity index is 897. The van der Waals surface area contributed by atoms with E-state index in [-0.39, 0.29) is 23.4 Å². The molecule has 0 spiro atoms. The van der Waals surface area contributed by atoms with E-state index in [2.05, 4.69) is 10.1 Å². The fourth-order valence-electron chi connectivity index (χ4n) is 2.11. The number of fused-ring (bicyclic) bond motifs is 1. The molecular formula is C15H12ClN3O3. The van der Waals surface area contributed by atoms with Crippen molar-refractivity contribution < 1.29 is 9.53 Å². The lowest BCUT2D eigenvalue weighted by Gasteiger charge is -2.03. The Morgan fingerprint density at radius 1 is 1.36 bits per heavy atom. The highest BCUT2D eigenvalue weighted by molar-refractivity contribution is 6.30. The van der Waals surface area contributed by atoms with Crippen molar-refractivity contribution in [3.63, 3.8) is 0 Å². The minimum atomic E-state index is -0.526. The second-order valence-corrected chi connectivity index (χ2v) is 4.99. The molecule has 0 radical (unpaired) electrons. The maximum atomic E-state index is 12.1. The number of hydrogen-bond acceptors (Lipinski definition) is 4. The molecule has 1 N–H and O–H groups in total. The van der Waals surface area contributed by atoms with Crippen LogP contribution in [-0.2, 0) is 4.74 Å². The lowest BCUT2D eigenvalue weighted by atomic mass is 10.1. The van der Waals surface area contributed by atoms with Gasteiger partial charge in [-0.3, -0.25) is 9.89 Å². The number of carbonyl (C=O) groups excluding carboxylic acids is 1. The molecule has 22 heavy (non-hydrogen) atoms. The number of halogens is 1. The maximum Gasteiger partial charge on any atom is 0.343 e. The van der Waals surface area contributed by atoms with E-state index in [4.69, 9.17) is 16.3 Å². The van der Waals surface area contributed by atoms with E-state index < -0.39 is 5.97 Å². The highest BCUT2D eigenvalue weighted by Crippen LogP contribution is 2.20. The van der Waals surface area contributed by atoms with Crippen LogP contribution in [0.3, 0.4) is 0 Å². The molecule has 0 atom stereocenters. The van der Waals surface area contributed by atoms with Crippen LogP contribution in [0.5, 0.6) is 0 Å². The van der Waals surface area contributed by atoms with Gasteiger partial charge < -0.3 is 4.74 Å². The largest absolute Gasteiger partial charge is 0.462 e. The molecule has 0 saturated heterocycles. The molecule has 3 aromatic rings. The number of aromatic nitrogens is 3. The van der Waals surface area contributed by atoms with Crippen LogP contribution in [0.2, 0.25) is 5.02 Å². The SMILES string of the molecule is CCOC(=O)c1c[nH]n2c(=O)cc(-c3ccc(Cl)cc3)nc12. The Labute approximate surface area is 130 Å². The molecule has 7 heteroatoms. The monoisotopic (exact) mass is 317 g/mol. The number of benzene rings is 1. The molecule has 0 amide bonds. The molecule has 3 rings (SSSR count). The van der Waals surface area contributed by atoms with Crippen molar-refractivity contribution in [3.05, 3.63) is 57.5 Å². The molecule has 0 aliphatic rings. The van der Waals surface area contributed by atoms with E-state index in [1.165, 1.54) is 16.8 Å². The summed E-state index contributed by atoms with van der Waals surface area (Å²) in [6.07, 6.45) is 1.41. The first-order valence-electron chi connectivity index (χ1n) is 6.64. The Kier molecular flexibility index (Phi) is 3.68. The van der Waals surface area contributed by atoms with E-state index in [1.54, 1.807) is 31.2 Å². The number of nitrogens with zero attached hydrogens (tertiary/aromatic N) is 2. The van der Waals surface area contributed by atoms with Gasteiger partial charge in [-0.1, -0.05) is 23.7 Å². The minimum absolute atomic E-state index is 0.217. The van der Waals surface area contributed by atoms with Crippen molar-refractivity contribution in [2.75, 3.05) is 6.61 Å². The van der Waals surface area contributed by atoms with Gasteiger partial charge in [0.15, 0.2) is 5.65 Å². The number of rotatable bonds is 3. The first-order chi connectivity index (χ1) is 10.6. The molecule has 1 aromatic carbocycles. The third-order valence-corrected chi connectivity index (χ3v) is 3.38. The lowest BCUT2D eigenvalue weighted by molar-refractivity contribution is 0.0528. The summed E-state index contributed by atoms with van der Waals surface area (Å²) < 4.78 is 6.16. The third-order valence-electron chi connectivity index (χ3n) is 3.13. The van der Waals surface area contributed by atoms with Crippen LogP contribution in [0.1, 0.15) is 17.3 Å². The number of hydrogen-bond donors (Lipinski definition) is 1. The quantitative estimate of drug-likeness (QED) is 0.753. The highest BCUT2D eigenvalue weighted by atomic mass is 35.5. The van der Waals surface area contributed by atoms with E-state index >= 15 is 0 Å². The maximum absolute atomic E-state index is 12.1. The Morgan fingerprint density at radius 2 is 2.09 bits per heavy atom. The average Bonchev–Trinajstić information content (AvgIpc) is 2.92. The predicted molar refractivity (Wildman–Crippen MR) is 82.2 cm³/mol. The topological polar surface area (TPSA) is 76.5 Å². The van der Waals surface area contributed by atoms with Gasteiger partial charge >= 0.3 is 5.97 Å². The van der Waals surface area contributed by atoms with Gasteiger partial charge in [-0.05, 0) is 19.1 Å². The average molecular weight is 318 g/mol. The summed E-state index contributed by atoms with van der Waals surface area (Å²) in [4.78, 5) is 28.4. The van der Waals surface area contributed by atoms with Crippen LogP contribution in [0.15, 0.2) is 41.3 Å². The molecule has 6 nitrogen and oxygen atoms in total. The molecule has 112 valence electrons. The summed E-state index contributed by atoms with van der Waals surface area (Å²) in [5, 5.41) is 3.30. The first-order valence-corrected chi connectivity index (χ1v) is 7.02. The second-order valence-electron chi connectivity index (χ2n) is 4.55. The first kappa shape index (κ1) is 14.3. The fraction of sp³-hybridized carbons (Fsp3) is 0.133. The number of carbonyl (C=O) groups is 1. The van der Waals surface area contributed by atoms with Crippen LogP contribution in [0.25, 0.3) is 16.9 Å². The second kappa shape index (κ2) is 5.65. The van der Waals surface area contributed by atoms with Crippen molar-refractivity contribution >= 4 is 23.2 Å². The summed E-state index contributed by atoms with van der Waals surface area (Å²) in [6, 6.07) is 8.34. The molecule has 0 bridgehead atoms. The fourth-order valence-corrected chi connectivity index (χ4v) is 2.23. The van der Waals surface area contributed by atoms with E-state index in [0.29, 0.717) is 10.7 Å². The highest BCUT2D eigenvalue weighted by Gasteiger charge is 2.16. The number of nitrogens with one attached hydrogen (secondary N) is 1. The zero-order valence-corrected chi connectivity index (χ0v) is 12.4. The number of H-pyrrole nitrogens is 1. The summed E-state index contributed by atoms with van der Waals surface area (Å²) in [7, 11) is 0. The van der Waals surface area contributed by atoms with Gasteiger partial charge in [0.05, 0.1) is 12.3 Å². The number of esters is 1. The van der Waals surface area contributed by atoms with Crippen LogP contribution >= 0.6 is 11.6 Å². The van der Waals surface area contributed by atoms with Crippen molar-refractivity contribution in [2.24, 2.45) is 0 Å². The van der Waals surface area contributed by atoms with Crippen molar-refractivity contribution in [1.82, 2.24) is 14.6 Å². The molecule has 2 aromatic heterocycles. The van der Waals surface area contributed by atoms with E-state index in [0.717, 1.165) is 5.56 Å². The van der Waals surface area contributed by atoms with Crippen molar-refractivity contribution in [2.45, 2.75) is 6.92 Å².